The summed E-state index contributed by atoms with van der Waals surface area (Å²) in [6.07, 6.45) is 0.0660. The normalized spacial score (nSPS) is 16.4. The number of hydrogen-bond acceptors (Lipinski definition) is 5. The fourth-order valence-electron chi connectivity index (χ4n) is 3.79. The quantitative estimate of drug-likeness (QED) is 0.638. The number of aromatic nitrogens is 3. The van der Waals surface area contributed by atoms with Crippen LogP contribution in [-0.2, 0) is 11.2 Å². The molecule has 32 heavy (non-hydrogen) atoms. The van der Waals surface area contributed by atoms with Crippen molar-refractivity contribution in [2.45, 2.75) is 19.4 Å². The molecule has 3 aromatic rings. The molecular weight excluding hydrogens is 424 g/mol. The molecule has 0 spiro atoms. The molecule has 1 saturated heterocycles. The second-order valence-corrected chi connectivity index (χ2v) is 7.49. The van der Waals surface area contributed by atoms with E-state index in [1.165, 1.54) is 18.3 Å². The average Bonchev–Trinajstić information content (AvgIpc) is 3.09. The van der Waals surface area contributed by atoms with Crippen LogP contribution in [0.5, 0.6) is 0 Å². The summed E-state index contributed by atoms with van der Waals surface area (Å²) in [5.41, 5.74) is 1.05. The van der Waals surface area contributed by atoms with E-state index in [1.54, 1.807) is 17.4 Å². The third kappa shape index (κ3) is 3.98. The van der Waals surface area contributed by atoms with E-state index in [0.717, 1.165) is 12.1 Å². The Morgan fingerprint density at radius 3 is 2.66 bits per heavy atom. The van der Waals surface area contributed by atoms with Crippen LogP contribution in [0.1, 0.15) is 21.7 Å². The van der Waals surface area contributed by atoms with Crippen LogP contribution in [0.2, 0.25) is 0 Å². The molecular formula is C21H21F2N5O4. The van der Waals surface area contributed by atoms with Crippen LogP contribution in [0.15, 0.2) is 24.5 Å². The van der Waals surface area contributed by atoms with Gasteiger partial charge in [0.1, 0.15) is 23.6 Å². The molecule has 0 aliphatic carbocycles. The molecule has 168 valence electrons. The molecule has 0 bridgehead atoms. The summed E-state index contributed by atoms with van der Waals surface area (Å²) in [5, 5.41) is 11.6. The molecule has 1 aliphatic heterocycles. The molecule has 2 amide bonds. The van der Waals surface area contributed by atoms with Gasteiger partial charge in [-0.05, 0) is 19.1 Å². The Balaban J connectivity index is 1.82. The van der Waals surface area contributed by atoms with Crippen molar-refractivity contribution >= 4 is 17.6 Å². The zero-order valence-corrected chi connectivity index (χ0v) is 17.4. The molecule has 1 unspecified atom stereocenters. The Bertz CT molecular complexity index is 1190. The number of benzene rings is 1. The van der Waals surface area contributed by atoms with E-state index in [-0.39, 0.29) is 42.9 Å². The number of amides is 2. The monoisotopic (exact) mass is 445 g/mol. The molecule has 1 fully saturated rings. The predicted molar refractivity (Wildman–Crippen MR) is 110 cm³/mol. The number of carboxylic acid groups (broad SMARTS) is 1. The summed E-state index contributed by atoms with van der Waals surface area (Å²) in [6.45, 7) is 2.34. The van der Waals surface area contributed by atoms with Crippen LogP contribution in [-0.4, -0.2) is 69.2 Å². The van der Waals surface area contributed by atoms with Crippen LogP contribution in [0.4, 0.5) is 13.6 Å². The summed E-state index contributed by atoms with van der Waals surface area (Å²) in [5.74, 6) is -2.49. The summed E-state index contributed by atoms with van der Waals surface area (Å²) in [4.78, 5) is 33.1. The predicted octanol–water partition coefficient (Wildman–Crippen LogP) is 2.26. The maximum atomic E-state index is 15.0. The van der Waals surface area contributed by atoms with Crippen molar-refractivity contribution in [1.29, 1.82) is 0 Å². The van der Waals surface area contributed by atoms with Crippen molar-refractivity contribution in [3.05, 3.63) is 53.1 Å². The van der Waals surface area contributed by atoms with Crippen LogP contribution in [0.3, 0.4) is 0 Å². The Morgan fingerprint density at radius 1 is 1.28 bits per heavy atom. The summed E-state index contributed by atoms with van der Waals surface area (Å²) in [6, 6.07) is 3.59. The second-order valence-electron chi connectivity index (χ2n) is 7.49. The van der Waals surface area contributed by atoms with E-state index >= 15 is 8.78 Å². The standard InChI is InChI=1S/C21H21F2N5O4/c1-11-5-17-26-19(18-14(22)6-12(7-15(18)23)20(29)24-2)16(28(17)10-25-11)8-13-9-27(21(30)31)3-4-32-13/h5-7,10,13H,3-4,8-9H2,1-2H3,(H,24,29)(H,30,31). The van der Waals surface area contributed by atoms with Crippen molar-refractivity contribution in [1.82, 2.24) is 24.6 Å². The molecule has 1 aromatic carbocycles. The zero-order chi connectivity index (χ0) is 23.0. The molecule has 9 nitrogen and oxygen atoms in total. The highest BCUT2D eigenvalue weighted by Crippen LogP contribution is 2.32. The van der Waals surface area contributed by atoms with Gasteiger partial charge < -0.3 is 20.1 Å². The average molecular weight is 445 g/mol. The summed E-state index contributed by atoms with van der Waals surface area (Å²) >= 11 is 0. The van der Waals surface area contributed by atoms with E-state index in [2.05, 4.69) is 15.3 Å². The maximum Gasteiger partial charge on any atom is 0.407 e. The fraction of sp³-hybridized carbons (Fsp3) is 0.333. The van der Waals surface area contributed by atoms with Gasteiger partial charge in [-0.25, -0.2) is 23.5 Å². The van der Waals surface area contributed by atoms with Crippen molar-refractivity contribution in [3.63, 3.8) is 0 Å². The van der Waals surface area contributed by atoms with Gasteiger partial charge in [0.15, 0.2) is 0 Å². The number of rotatable bonds is 4. The molecule has 2 aromatic heterocycles. The Kier molecular flexibility index (Phi) is 5.74. The first-order valence-corrected chi connectivity index (χ1v) is 9.93. The zero-order valence-electron chi connectivity index (χ0n) is 17.4. The lowest BCUT2D eigenvalue weighted by Gasteiger charge is -2.31. The highest BCUT2D eigenvalue weighted by Gasteiger charge is 2.29. The number of carbonyl (C=O) groups excluding carboxylic acids is 1. The van der Waals surface area contributed by atoms with Gasteiger partial charge in [-0.1, -0.05) is 0 Å². The number of carbonyl (C=O) groups is 2. The van der Waals surface area contributed by atoms with Crippen molar-refractivity contribution in [2.75, 3.05) is 26.7 Å². The van der Waals surface area contributed by atoms with E-state index in [0.29, 0.717) is 17.0 Å². The van der Waals surface area contributed by atoms with Gasteiger partial charge in [0, 0.05) is 37.3 Å². The van der Waals surface area contributed by atoms with Gasteiger partial charge in [0.25, 0.3) is 5.91 Å². The molecule has 0 radical (unpaired) electrons. The minimum atomic E-state index is -1.06. The number of hydrogen-bond donors (Lipinski definition) is 2. The number of nitrogens with zero attached hydrogens (tertiary/aromatic N) is 4. The number of morpholine rings is 1. The van der Waals surface area contributed by atoms with Gasteiger partial charge in [-0.2, -0.15) is 0 Å². The molecule has 1 aliphatic rings. The number of imidazole rings is 1. The number of ether oxygens (including phenoxy) is 1. The minimum Gasteiger partial charge on any atom is -0.465 e. The van der Waals surface area contributed by atoms with E-state index < -0.39 is 29.7 Å². The highest BCUT2D eigenvalue weighted by atomic mass is 19.1. The number of halogens is 2. The van der Waals surface area contributed by atoms with Gasteiger partial charge >= 0.3 is 6.09 Å². The van der Waals surface area contributed by atoms with Gasteiger partial charge in [-0.3, -0.25) is 9.20 Å². The molecule has 0 saturated carbocycles. The lowest BCUT2D eigenvalue weighted by Crippen LogP contribution is -2.45. The minimum absolute atomic E-state index is 0.0481. The first-order valence-electron chi connectivity index (χ1n) is 9.93. The summed E-state index contributed by atoms with van der Waals surface area (Å²) < 4.78 is 37.4. The van der Waals surface area contributed by atoms with E-state index in [9.17, 15) is 14.7 Å². The fourth-order valence-corrected chi connectivity index (χ4v) is 3.79. The summed E-state index contributed by atoms with van der Waals surface area (Å²) in [7, 11) is 1.37. The molecule has 11 heteroatoms. The van der Waals surface area contributed by atoms with Crippen molar-refractivity contribution in [2.24, 2.45) is 0 Å². The van der Waals surface area contributed by atoms with Gasteiger partial charge in [0.2, 0.25) is 0 Å². The lowest BCUT2D eigenvalue weighted by molar-refractivity contribution is -0.0215. The van der Waals surface area contributed by atoms with Gasteiger partial charge in [-0.15, -0.1) is 0 Å². The van der Waals surface area contributed by atoms with Gasteiger partial charge in [0.05, 0.1) is 36.2 Å². The largest absolute Gasteiger partial charge is 0.465 e. The SMILES string of the molecule is CNC(=O)c1cc(F)c(-c2nc3cc(C)ncn3c2CC2CN(C(=O)O)CCO2)c(F)c1. The molecule has 2 N–H and O–H groups in total. The Labute approximate surface area is 181 Å². The first kappa shape index (κ1) is 21.6. The van der Waals surface area contributed by atoms with E-state index in [1.807, 2.05) is 0 Å². The number of aryl methyl sites for hydroxylation is 1. The smallest absolute Gasteiger partial charge is 0.407 e. The van der Waals surface area contributed by atoms with Crippen LogP contribution < -0.4 is 5.32 Å². The Morgan fingerprint density at radius 2 is 2.00 bits per heavy atom. The molecule has 4 rings (SSSR count). The van der Waals surface area contributed by atoms with Crippen LogP contribution in [0, 0.1) is 18.6 Å². The maximum absolute atomic E-state index is 15.0. The highest BCUT2D eigenvalue weighted by molar-refractivity contribution is 5.94. The van der Waals surface area contributed by atoms with Crippen LogP contribution >= 0.6 is 0 Å². The lowest BCUT2D eigenvalue weighted by atomic mass is 10.0. The number of fused-ring (bicyclic) bond motifs is 1. The molecule has 1 atom stereocenters. The third-order valence-electron chi connectivity index (χ3n) is 5.35. The second kappa shape index (κ2) is 8.50. The van der Waals surface area contributed by atoms with Crippen molar-refractivity contribution < 1.29 is 28.2 Å². The topological polar surface area (TPSA) is 109 Å². The first-order chi connectivity index (χ1) is 15.3. The van der Waals surface area contributed by atoms with Crippen LogP contribution in [0.25, 0.3) is 16.9 Å². The third-order valence-corrected chi connectivity index (χ3v) is 5.35. The van der Waals surface area contributed by atoms with Crippen molar-refractivity contribution in [3.8, 4) is 11.3 Å². The Hall–Kier alpha value is -3.60. The van der Waals surface area contributed by atoms with E-state index in [4.69, 9.17) is 4.74 Å². The number of nitrogens with one attached hydrogen (secondary N) is 1. The molecule has 3 heterocycles.